The van der Waals surface area contributed by atoms with Gasteiger partial charge in [0.2, 0.25) is 5.91 Å². The molecule has 0 radical (unpaired) electrons. The van der Waals surface area contributed by atoms with Crippen LogP contribution >= 0.6 is 0 Å². The van der Waals surface area contributed by atoms with E-state index in [4.69, 9.17) is 4.74 Å². The number of nitrogens with one attached hydrogen (secondary N) is 2. The molecule has 0 fully saturated rings. The summed E-state index contributed by atoms with van der Waals surface area (Å²) in [4.78, 5) is 25.6. The predicted octanol–water partition coefficient (Wildman–Crippen LogP) is 4.02. The number of hydrogen-bond donors (Lipinski definition) is 2. The first kappa shape index (κ1) is 20.9. The largest absolute Gasteiger partial charge is 0.489 e. The van der Waals surface area contributed by atoms with Crippen LogP contribution in [-0.4, -0.2) is 37.4 Å². The molecule has 0 heterocycles. The zero-order chi connectivity index (χ0) is 21.3. The molecule has 6 nitrogen and oxygen atoms in total. The van der Waals surface area contributed by atoms with Gasteiger partial charge in [-0.1, -0.05) is 36.4 Å². The number of rotatable bonds is 8. The van der Waals surface area contributed by atoms with Gasteiger partial charge in [0.25, 0.3) is 5.91 Å². The summed E-state index contributed by atoms with van der Waals surface area (Å²) in [5.41, 5.74) is 3.09. The van der Waals surface area contributed by atoms with Crippen molar-refractivity contribution >= 4 is 23.2 Å². The number of carbonyl (C=O) groups is 2. The lowest BCUT2D eigenvalue weighted by atomic mass is 10.2. The molecule has 3 aromatic carbocycles. The van der Waals surface area contributed by atoms with E-state index in [0.29, 0.717) is 17.9 Å². The number of nitrogens with zero attached hydrogens (tertiary/aromatic N) is 1. The van der Waals surface area contributed by atoms with Crippen molar-refractivity contribution in [1.29, 1.82) is 0 Å². The lowest BCUT2D eigenvalue weighted by Gasteiger charge is -2.12. The van der Waals surface area contributed by atoms with E-state index >= 15 is 0 Å². The molecule has 0 saturated carbocycles. The fourth-order valence-electron chi connectivity index (χ4n) is 2.78. The van der Waals surface area contributed by atoms with Gasteiger partial charge in [-0.25, -0.2) is 0 Å². The molecule has 0 unspecified atom stereocenters. The molecule has 3 rings (SSSR count). The molecule has 2 amide bonds. The molecular formula is C24H25N3O3. The predicted molar refractivity (Wildman–Crippen MR) is 119 cm³/mol. The first-order valence-corrected chi connectivity index (χ1v) is 9.63. The Labute approximate surface area is 176 Å². The standard InChI is InChI=1S/C24H25N3O3/c1-27(2)24(29)19-11-13-20(14-12-19)26-23(28)16-25-21-9-6-10-22(15-21)30-17-18-7-4-3-5-8-18/h3-15,25H,16-17H2,1-2H3,(H,26,28). The molecule has 0 atom stereocenters. The Kier molecular flexibility index (Phi) is 7.05. The first-order valence-electron chi connectivity index (χ1n) is 9.63. The molecule has 0 aliphatic heterocycles. The molecule has 0 saturated heterocycles. The van der Waals surface area contributed by atoms with Gasteiger partial charge in [-0.15, -0.1) is 0 Å². The smallest absolute Gasteiger partial charge is 0.253 e. The minimum absolute atomic E-state index is 0.0797. The average Bonchev–Trinajstić information content (AvgIpc) is 2.77. The van der Waals surface area contributed by atoms with Crippen LogP contribution in [0.3, 0.4) is 0 Å². The second kappa shape index (κ2) is 10.1. The van der Waals surface area contributed by atoms with Crippen molar-refractivity contribution in [2.24, 2.45) is 0 Å². The maximum absolute atomic E-state index is 12.2. The van der Waals surface area contributed by atoms with Crippen molar-refractivity contribution in [1.82, 2.24) is 4.90 Å². The number of ether oxygens (including phenoxy) is 1. The molecule has 30 heavy (non-hydrogen) atoms. The summed E-state index contributed by atoms with van der Waals surface area (Å²) in [6, 6.07) is 24.2. The van der Waals surface area contributed by atoms with E-state index < -0.39 is 0 Å². The third kappa shape index (κ3) is 6.10. The zero-order valence-electron chi connectivity index (χ0n) is 17.1. The van der Waals surface area contributed by atoms with Crippen molar-refractivity contribution < 1.29 is 14.3 Å². The minimum atomic E-state index is -0.183. The maximum Gasteiger partial charge on any atom is 0.253 e. The van der Waals surface area contributed by atoms with Crippen LogP contribution in [0.15, 0.2) is 78.9 Å². The van der Waals surface area contributed by atoms with E-state index in [1.807, 2.05) is 54.6 Å². The van der Waals surface area contributed by atoms with Crippen LogP contribution in [0, 0.1) is 0 Å². The van der Waals surface area contributed by atoms with Crippen LogP contribution in [0.4, 0.5) is 11.4 Å². The summed E-state index contributed by atoms with van der Waals surface area (Å²) in [7, 11) is 3.40. The Morgan fingerprint density at radius 2 is 1.60 bits per heavy atom. The second-order valence-corrected chi connectivity index (χ2v) is 6.98. The molecule has 154 valence electrons. The lowest BCUT2D eigenvalue weighted by molar-refractivity contribution is -0.114. The second-order valence-electron chi connectivity index (χ2n) is 6.98. The van der Waals surface area contributed by atoms with Crippen LogP contribution in [0.5, 0.6) is 5.75 Å². The molecule has 0 aromatic heterocycles. The molecule has 0 spiro atoms. The van der Waals surface area contributed by atoms with Crippen molar-refractivity contribution in [2.75, 3.05) is 31.3 Å². The quantitative estimate of drug-likeness (QED) is 0.596. The maximum atomic E-state index is 12.2. The summed E-state index contributed by atoms with van der Waals surface area (Å²) >= 11 is 0. The molecule has 0 aliphatic carbocycles. The monoisotopic (exact) mass is 403 g/mol. The Morgan fingerprint density at radius 3 is 2.30 bits per heavy atom. The molecular weight excluding hydrogens is 378 g/mol. The number of anilines is 2. The summed E-state index contributed by atoms with van der Waals surface area (Å²) < 4.78 is 5.81. The van der Waals surface area contributed by atoms with Crippen LogP contribution in [0.25, 0.3) is 0 Å². The molecule has 6 heteroatoms. The highest BCUT2D eigenvalue weighted by Crippen LogP contribution is 2.18. The Morgan fingerprint density at radius 1 is 0.867 bits per heavy atom. The molecule has 2 N–H and O–H groups in total. The number of carbonyl (C=O) groups excluding carboxylic acids is 2. The van der Waals surface area contributed by atoms with Gasteiger partial charge in [0.1, 0.15) is 12.4 Å². The zero-order valence-corrected chi connectivity index (χ0v) is 17.1. The van der Waals surface area contributed by atoms with Gasteiger partial charge in [-0.2, -0.15) is 0 Å². The number of hydrogen-bond acceptors (Lipinski definition) is 4. The van der Waals surface area contributed by atoms with E-state index in [0.717, 1.165) is 17.0 Å². The van der Waals surface area contributed by atoms with Crippen molar-refractivity contribution in [3.05, 3.63) is 90.0 Å². The lowest BCUT2D eigenvalue weighted by Crippen LogP contribution is -2.22. The molecule has 0 aliphatic rings. The number of amides is 2. The van der Waals surface area contributed by atoms with E-state index in [1.165, 1.54) is 4.90 Å². The topological polar surface area (TPSA) is 70.7 Å². The van der Waals surface area contributed by atoms with Gasteiger partial charge in [-0.05, 0) is 42.0 Å². The van der Waals surface area contributed by atoms with Gasteiger partial charge in [0.05, 0.1) is 6.54 Å². The van der Waals surface area contributed by atoms with E-state index in [2.05, 4.69) is 10.6 Å². The fourth-order valence-corrected chi connectivity index (χ4v) is 2.78. The van der Waals surface area contributed by atoms with Crippen LogP contribution < -0.4 is 15.4 Å². The molecule has 0 bridgehead atoms. The summed E-state index contributed by atoms with van der Waals surface area (Å²) in [6.07, 6.45) is 0. The SMILES string of the molecule is CN(C)C(=O)c1ccc(NC(=O)CNc2cccc(OCc3ccccc3)c2)cc1. The third-order valence-corrected chi connectivity index (χ3v) is 4.36. The van der Waals surface area contributed by atoms with Gasteiger partial charge < -0.3 is 20.3 Å². The molecule has 3 aromatic rings. The summed E-state index contributed by atoms with van der Waals surface area (Å²) in [6.45, 7) is 0.595. The van der Waals surface area contributed by atoms with Gasteiger partial charge in [0.15, 0.2) is 0 Å². The van der Waals surface area contributed by atoms with Gasteiger partial charge >= 0.3 is 0 Å². The van der Waals surface area contributed by atoms with Gasteiger partial charge in [0, 0.05) is 37.1 Å². The Bertz CT molecular complexity index is 986. The summed E-state index contributed by atoms with van der Waals surface area (Å²) in [5, 5.41) is 5.91. The van der Waals surface area contributed by atoms with Gasteiger partial charge in [-0.3, -0.25) is 9.59 Å². The normalized spacial score (nSPS) is 10.2. The average molecular weight is 403 g/mol. The number of benzene rings is 3. The highest BCUT2D eigenvalue weighted by Gasteiger charge is 2.08. The van der Waals surface area contributed by atoms with Crippen LogP contribution in [0.2, 0.25) is 0 Å². The highest BCUT2D eigenvalue weighted by molar-refractivity contribution is 5.96. The van der Waals surface area contributed by atoms with E-state index in [9.17, 15) is 9.59 Å². The van der Waals surface area contributed by atoms with E-state index in [1.54, 1.807) is 38.4 Å². The third-order valence-electron chi connectivity index (χ3n) is 4.36. The van der Waals surface area contributed by atoms with E-state index in [-0.39, 0.29) is 18.4 Å². The van der Waals surface area contributed by atoms with Crippen LogP contribution in [-0.2, 0) is 11.4 Å². The van der Waals surface area contributed by atoms with Crippen molar-refractivity contribution in [2.45, 2.75) is 6.61 Å². The van der Waals surface area contributed by atoms with Crippen molar-refractivity contribution in [3.63, 3.8) is 0 Å². The minimum Gasteiger partial charge on any atom is -0.489 e. The Hall–Kier alpha value is -3.80. The fraction of sp³-hybridized carbons (Fsp3) is 0.167. The first-order chi connectivity index (χ1) is 14.5. The summed E-state index contributed by atoms with van der Waals surface area (Å²) in [5.74, 6) is 0.464. The van der Waals surface area contributed by atoms with Crippen molar-refractivity contribution in [3.8, 4) is 5.75 Å². The van der Waals surface area contributed by atoms with Crippen LogP contribution in [0.1, 0.15) is 15.9 Å². The highest BCUT2D eigenvalue weighted by atomic mass is 16.5. The Balaban J connectivity index is 1.49.